The van der Waals surface area contributed by atoms with E-state index in [0.717, 1.165) is 0 Å². The Morgan fingerprint density at radius 3 is 2.81 bits per heavy atom. The Morgan fingerprint density at radius 2 is 2.19 bits per heavy atom. The molecule has 0 amide bonds. The van der Waals surface area contributed by atoms with Gasteiger partial charge in [-0.3, -0.25) is 0 Å². The molecule has 1 N–H and O–H groups in total. The van der Waals surface area contributed by atoms with Crippen LogP contribution < -0.4 is 34.7 Å². The Labute approximate surface area is 113 Å². The fraction of sp³-hybridized carbons (Fsp3) is 0.100. The van der Waals surface area contributed by atoms with Gasteiger partial charge in [0.2, 0.25) is 0 Å². The summed E-state index contributed by atoms with van der Waals surface area (Å²) >= 11 is 0. The van der Waals surface area contributed by atoms with Gasteiger partial charge in [0.05, 0.1) is 18.6 Å². The van der Waals surface area contributed by atoms with Crippen LogP contribution in [-0.4, -0.2) is 18.2 Å². The Hall–Kier alpha value is -1.17. The number of hydrogen-bond acceptors (Lipinski definition) is 5. The van der Waals surface area contributed by atoms with Gasteiger partial charge in [-0.25, -0.2) is 4.79 Å². The number of methoxy groups -OCH3 is 1. The molecule has 0 fully saturated rings. The molecule has 1 heterocycles. The maximum atomic E-state index is 11.3. The second-order valence-electron chi connectivity index (χ2n) is 2.94. The molecule has 0 atom stereocenters. The molecule has 0 unspecified atom stereocenters. The van der Waals surface area contributed by atoms with Gasteiger partial charge in [-0.15, -0.1) is 0 Å². The van der Waals surface area contributed by atoms with Gasteiger partial charge in [0.15, 0.2) is 0 Å². The van der Waals surface area contributed by atoms with Gasteiger partial charge in [0, 0.05) is 11.0 Å². The normalized spacial score (nSPS) is 9.81. The molecule has 78 valence electrons. The average molecular weight is 230 g/mol. The number of carbonyl (C=O) groups is 1. The number of rotatable bonds is 1. The zero-order chi connectivity index (χ0) is 11.0. The number of ether oxygens (including phenoxy) is 1. The molecule has 0 saturated carbocycles. The van der Waals surface area contributed by atoms with Crippen LogP contribution in [0.15, 0.2) is 22.6 Å². The first kappa shape index (κ1) is 12.9. The van der Waals surface area contributed by atoms with E-state index in [4.69, 9.17) is 4.42 Å². The van der Waals surface area contributed by atoms with Gasteiger partial charge in [-0.1, -0.05) is 0 Å². The maximum absolute atomic E-state index is 11.3. The van der Waals surface area contributed by atoms with Crippen LogP contribution in [0.5, 0.6) is 11.7 Å². The van der Waals surface area contributed by atoms with E-state index >= 15 is 0 Å². The third-order valence-corrected chi connectivity index (χ3v) is 2.03. The molecule has 5 nitrogen and oxygen atoms in total. The minimum absolute atomic E-state index is 0. The first-order chi connectivity index (χ1) is 7.13. The van der Waals surface area contributed by atoms with Crippen molar-refractivity contribution in [2.45, 2.75) is 0 Å². The van der Waals surface area contributed by atoms with Gasteiger partial charge in [0.1, 0.15) is 5.75 Å². The maximum Gasteiger partial charge on any atom is 1.00 e. The van der Waals surface area contributed by atoms with Crippen molar-refractivity contribution in [1.82, 2.24) is 0 Å². The van der Waals surface area contributed by atoms with Crippen LogP contribution in [-0.2, 0) is 4.74 Å². The van der Waals surface area contributed by atoms with Gasteiger partial charge < -0.3 is 19.4 Å². The van der Waals surface area contributed by atoms with Crippen molar-refractivity contribution < 1.29 is 53.7 Å². The number of aromatic hydroxyl groups is 1. The molecule has 0 radical (unpaired) electrons. The molecule has 0 aliphatic carbocycles. The predicted molar refractivity (Wildman–Crippen MR) is 48.7 cm³/mol. The summed E-state index contributed by atoms with van der Waals surface area (Å²) in [6.45, 7) is 0. The van der Waals surface area contributed by atoms with E-state index in [0.29, 0.717) is 0 Å². The van der Waals surface area contributed by atoms with Crippen LogP contribution in [0.4, 0.5) is 0 Å². The first-order valence-corrected chi connectivity index (χ1v) is 4.14. The molecular weight excluding hydrogens is 223 g/mol. The van der Waals surface area contributed by atoms with Gasteiger partial charge in [-0.2, -0.15) is 0 Å². The number of phenols is 1. The summed E-state index contributed by atoms with van der Waals surface area (Å²) in [7, 11) is 1.17. The van der Waals surface area contributed by atoms with Gasteiger partial charge in [0.25, 0.3) is 0 Å². The summed E-state index contributed by atoms with van der Waals surface area (Å²) in [5, 5.41) is 20.8. The largest absolute Gasteiger partial charge is 1.00 e. The van der Waals surface area contributed by atoms with E-state index in [1.54, 1.807) is 0 Å². The van der Waals surface area contributed by atoms with Crippen molar-refractivity contribution >= 4 is 16.9 Å². The Bertz CT molecular complexity index is 531. The number of benzene rings is 1. The van der Waals surface area contributed by atoms with Crippen LogP contribution in [0, 0.1) is 0 Å². The van der Waals surface area contributed by atoms with E-state index in [2.05, 4.69) is 4.74 Å². The predicted octanol–water partition coefficient (Wildman–Crippen LogP) is -2.00. The summed E-state index contributed by atoms with van der Waals surface area (Å²) in [4.78, 5) is 11.3. The summed E-state index contributed by atoms with van der Waals surface area (Å²) in [6, 6.07) is 4.07. The fourth-order valence-electron chi connectivity index (χ4n) is 1.36. The smallest absolute Gasteiger partial charge is 0.578 e. The van der Waals surface area contributed by atoms with Crippen molar-refractivity contribution in [3.8, 4) is 11.7 Å². The fourth-order valence-corrected chi connectivity index (χ4v) is 1.36. The monoisotopic (exact) mass is 230 g/mol. The molecule has 0 aliphatic heterocycles. The van der Waals surface area contributed by atoms with Crippen molar-refractivity contribution in [3.05, 3.63) is 23.8 Å². The molecule has 0 saturated heterocycles. The number of furan rings is 1. The molecule has 1 aromatic carbocycles. The molecule has 2 aromatic rings. The molecular formula is C10H7NaO5. The summed E-state index contributed by atoms with van der Waals surface area (Å²) in [6.07, 6.45) is 0. The number of phenolic OH excluding ortho intramolecular Hbond substituents is 1. The zero-order valence-corrected chi connectivity index (χ0v) is 10.8. The van der Waals surface area contributed by atoms with Crippen LogP contribution in [0.3, 0.4) is 0 Å². The number of hydrogen-bond donors (Lipinski definition) is 1. The molecule has 0 bridgehead atoms. The van der Waals surface area contributed by atoms with Crippen LogP contribution in [0.1, 0.15) is 10.4 Å². The summed E-state index contributed by atoms with van der Waals surface area (Å²) in [5.41, 5.74) is 0.0570. The molecule has 6 heteroatoms. The Balaban J connectivity index is 0.00000128. The average Bonchev–Trinajstić information content (AvgIpc) is 2.52. The minimum atomic E-state index is -0.774. The van der Waals surface area contributed by atoms with E-state index < -0.39 is 11.9 Å². The van der Waals surface area contributed by atoms with E-state index in [-0.39, 0.29) is 51.8 Å². The Kier molecular flexibility index (Phi) is 3.85. The second kappa shape index (κ2) is 4.78. The first-order valence-electron chi connectivity index (χ1n) is 4.14. The van der Waals surface area contributed by atoms with Gasteiger partial charge >= 0.3 is 35.5 Å². The second-order valence-corrected chi connectivity index (χ2v) is 2.94. The third kappa shape index (κ3) is 2.02. The quantitative estimate of drug-likeness (QED) is 0.452. The van der Waals surface area contributed by atoms with Crippen molar-refractivity contribution in [2.75, 3.05) is 7.11 Å². The van der Waals surface area contributed by atoms with Crippen molar-refractivity contribution in [3.63, 3.8) is 0 Å². The van der Waals surface area contributed by atoms with Crippen molar-refractivity contribution in [1.29, 1.82) is 0 Å². The van der Waals surface area contributed by atoms with E-state index in [9.17, 15) is 15.0 Å². The molecule has 2 rings (SSSR count). The zero-order valence-electron chi connectivity index (χ0n) is 8.81. The third-order valence-electron chi connectivity index (χ3n) is 2.03. The van der Waals surface area contributed by atoms with E-state index in [1.165, 1.54) is 25.3 Å². The minimum Gasteiger partial charge on any atom is -0.578 e. The molecule has 1 aromatic heterocycles. The number of esters is 1. The summed E-state index contributed by atoms with van der Waals surface area (Å²) in [5.74, 6) is -1.58. The van der Waals surface area contributed by atoms with Crippen LogP contribution >= 0.6 is 0 Å². The SMILES string of the molecule is COC(=O)c1c([O-])oc2ccc(O)cc12.[Na+]. The molecule has 0 aliphatic rings. The standard InChI is InChI=1S/C10H8O5.Na/c1-14-9(12)8-6-4-5(11)2-3-7(6)15-10(8)13;/h2-4,11,13H,1H3;/q;+1/p-1. The molecule has 16 heavy (non-hydrogen) atoms. The van der Waals surface area contributed by atoms with Crippen LogP contribution in [0.25, 0.3) is 11.0 Å². The number of carbonyl (C=O) groups excluding carboxylic acids is 1. The topological polar surface area (TPSA) is 82.7 Å². The number of fused-ring (bicyclic) bond motifs is 1. The van der Waals surface area contributed by atoms with Gasteiger partial charge in [-0.05, 0) is 18.2 Å². The van der Waals surface area contributed by atoms with Crippen molar-refractivity contribution in [2.24, 2.45) is 0 Å². The summed E-state index contributed by atoms with van der Waals surface area (Å²) < 4.78 is 9.25. The van der Waals surface area contributed by atoms with E-state index in [1.807, 2.05) is 0 Å². The Morgan fingerprint density at radius 1 is 1.50 bits per heavy atom. The molecule has 0 spiro atoms. The van der Waals surface area contributed by atoms with Crippen LogP contribution in [0.2, 0.25) is 0 Å².